The van der Waals surface area contributed by atoms with Crippen molar-refractivity contribution in [2.75, 3.05) is 42.9 Å². The van der Waals surface area contributed by atoms with Crippen LogP contribution in [0, 0.1) is 5.41 Å². The van der Waals surface area contributed by atoms with Crippen molar-refractivity contribution in [3.8, 4) is 0 Å². The molecule has 0 aliphatic carbocycles. The third-order valence-electron chi connectivity index (χ3n) is 5.93. The number of nitrogens with zero attached hydrogens (tertiary/aromatic N) is 5. The van der Waals surface area contributed by atoms with Gasteiger partial charge < -0.3 is 21.4 Å². The van der Waals surface area contributed by atoms with E-state index in [1.165, 1.54) is 17.3 Å². The maximum atomic E-state index is 13.5. The molecule has 2 aromatic heterocycles. The van der Waals surface area contributed by atoms with Crippen molar-refractivity contribution < 1.29 is 22.0 Å². The molecule has 1 atom stereocenters. The Balaban J connectivity index is 1.61. The molecule has 0 radical (unpaired) electrons. The van der Waals surface area contributed by atoms with Crippen molar-refractivity contribution in [2.24, 2.45) is 5.73 Å². The van der Waals surface area contributed by atoms with Gasteiger partial charge in [0.15, 0.2) is 0 Å². The van der Waals surface area contributed by atoms with Gasteiger partial charge in [0, 0.05) is 37.5 Å². The molecule has 8 nitrogen and oxygen atoms in total. The van der Waals surface area contributed by atoms with Gasteiger partial charge in [0.25, 0.3) is 5.92 Å². The molecule has 1 unspecified atom stereocenters. The number of likely N-dealkylation sites (tertiary alicyclic amines) is 1. The van der Waals surface area contributed by atoms with Gasteiger partial charge >= 0.3 is 6.18 Å². The van der Waals surface area contributed by atoms with Crippen LogP contribution in [-0.2, 0) is 6.18 Å². The molecule has 4 N–H and O–H groups in total. The van der Waals surface area contributed by atoms with Gasteiger partial charge in [0.1, 0.15) is 11.6 Å². The smallest absolute Gasteiger partial charge is 0.404 e. The Bertz CT molecular complexity index is 1100. The predicted molar refractivity (Wildman–Crippen MR) is 121 cm³/mol. The number of halogens is 5. The number of anilines is 3. The fourth-order valence-electron chi connectivity index (χ4n) is 4.17. The maximum Gasteiger partial charge on any atom is 0.416 e. The summed E-state index contributed by atoms with van der Waals surface area (Å²) in [5.41, 5.74) is 5.95. The number of hydrogen-bond acceptors (Lipinski definition) is 8. The zero-order valence-electron chi connectivity index (χ0n) is 18.7. The highest BCUT2D eigenvalue weighted by Gasteiger charge is 2.45. The molecule has 188 valence electrons. The third kappa shape index (κ3) is 6.02. The fourth-order valence-corrected chi connectivity index (χ4v) is 4.17. The van der Waals surface area contributed by atoms with Crippen molar-refractivity contribution in [1.82, 2.24) is 19.9 Å². The highest BCUT2D eigenvalue weighted by molar-refractivity contribution is 5.75. The standard InChI is InChI=1S/C22H25F5N8/c23-21(24)12-35(13-21)20-31-17(15-2-1-5-34(11-15)10-14(8-28)9-29)7-19(33-20)32-18-6-16(3-4-30-18)22(25,26)27/h3-4,6-9,15,28H,1-2,5,10-13,29H2,(H,30,31,32,33). The number of alkyl halides is 5. The second kappa shape index (κ2) is 9.72. The molecule has 2 aliphatic rings. The molecular formula is C22H25F5N8. The van der Waals surface area contributed by atoms with Gasteiger partial charge in [-0.25, -0.2) is 18.7 Å². The zero-order chi connectivity index (χ0) is 25.2. The Morgan fingerprint density at radius 1 is 1.23 bits per heavy atom. The van der Waals surface area contributed by atoms with E-state index in [0.29, 0.717) is 24.4 Å². The molecule has 0 saturated carbocycles. The third-order valence-corrected chi connectivity index (χ3v) is 5.93. The summed E-state index contributed by atoms with van der Waals surface area (Å²) in [7, 11) is 0. The van der Waals surface area contributed by atoms with E-state index >= 15 is 0 Å². The SMILES string of the molecule is N=CC(=CN)CN1CCCC(c2cc(Nc3cc(C(F)(F)F)ccn3)nc(N3CC(F)(F)C3)n2)C1. The van der Waals surface area contributed by atoms with Gasteiger partial charge in [-0.1, -0.05) is 0 Å². The van der Waals surface area contributed by atoms with Crippen LogP contribution >= 0.6 is 0 Å². The number of nitrogens with one attached hydrogen (secondary N) is 2. The second-order valence-electron chi connectivity index (χ2n) is 8.70. The lowest BCUT2D eigenvalue weighted by Gasteiger charge is -2.39. The Labute approximate surface area is 198 Å². The summed E-state index contributed by atoms with van der Waals surface area (Å²) in [5, 5.41) is 10.2. The molecular weight excluding hydrogens is 471 g/mol. The first kappa shape index (κ1) is 24.8. The van der Waals surface area contributed by atoms with Crippen LogP contribution in [0.1, 0.15) is 30.0 Å². The van der Waals surface area contributed by atoms with Crippen LogP contribution in [-0.4, -0.2) is 64.7 Å². The lowest BCUT2D eigenvalue weighted by molar-refractivity contribution is -0.137. The van der Waals surface area contributed by atoms with Crippen LogP contribution in [0.4, 0.5) is 39.5 Å². The molecule has 0 amide bonds. The van der Waals surface area contributed by atoms with Crippen molar-refractivity contribution in [3.05, 3.63) is 47.4 Å². The van der Waals surface area contributed by atoms with E-state index in [0.717, 1.165) is 37.7 Å². The average Bonchev–Trinajstić information content (AvgIpc) is 2.80. The topological polar surface area (TPSA) is 107 Å². The number of pyridine rings is 1. The quantitative estimate of drug-likeness (QED) is 0.396. The van der Waals surface area contributed by atoms with Gasteiger partial charge in [-0.15, -0.1) is 0 Å². The Hall–Kier alpha value is -3.35. The summed E-state index contributed by atoms with van der Waals surface area (Å²) in [6, 6.07) is 3.34. The van der Waals surface area contributed by atoms with Crippen LogP contribution < -0.4 is 16.0 Å². The highest BCUT2D eigenvalue weighted by atomic mass is 19.4. The minimum absolute atomic E-state index is 0.0629. The first-order valence-electron chi connectivity index (χ1n) is 11.0. The van der Waals surface area contributed by atoms with E-state index in [9.17, 15) is 22.0 Å². The van der Waals surface area contributed by atoms with E-state index in [4.69, 9.17) is 11.1 Å². The van der Waals surface area contributed by atoms with Crippen molar-refractivity contribution in [2.45, 2.75) is 30.9 Å². The van der Waals surface area contributed by atoms with Gasteiger partial charge in [-0.05, 0) is 43.3 Å². The zero-order valence-corrected chi connectivity index (χ0v) is 18.7. The van der Waals surface area contributed by atoms with Gasteiger partial charge in [-0.3, -0.25) is 4.90 Å². The lowest BCUT2D eigenvalue weighted by Crippen LogP contribution is -2.57. The molecule has 2 saturated heterocycles. The predicted octanol–water partition coefficient (Wildman–Crippen LogP) is 3.76. The van der Waals surface area contributed by atoms with Gasteiger partial charge in [0.05, 0.1) is 24.3 Å². The molecule has 4 rings (SSSR count). The first-order valence-corrected chi connectivity index (χ1v) is 11.0. The summed E-state index contributed by atoms with van der Waals surface area (Å²) in [6.45, 7) is 0.833. The summed E-state index contributed by atoms with van der Waals surface area (Å²) in [5.74, 6) is -2.71. The van der Waals surface area contributed by atoms with Crippen molar-refractivity contribution in [1.29, 1.82) is 5.41 Å². The molecule has 0 aromatic carbocycles. The summed E-state index contributed by atoms with van der Waals surface area (Å²) in [4.78, 5) is 16.2. The van der Waals surface area contributed by atoms with Crippen molar-refractivity contribution >= 4 is 23.8 Å². The van der Waals surface area contributed by atoms with E-state index < -0.39 is 30.8 Å². The number of aromatic nitrogens is 3. The average molecular weight is 496 g/mol. The monoisotopic (exact) mass is 496 g/mol. The molecule has 4 heterocycles. The van der Waals surface area contributed by atoms with Gasteiger partial charge in [0.2, 0.25) is 5.95 Å². The Kier molecular flexibility index (Phi) is 6.88. The minimum Gasteiger partial charge on any atom is -0.404 e. The molecule has 2 aliphatic heterocycles. The molecule has 13 heteroatoms. The van der Waals surface area contributed by atoms with Crippen LogP contribution in [0.3, 0.4) is 0 Å². The summed E-state index contributed by atoms with van der Waals surface area (Å²) in [6.07, 6.45) is 0.711. The molecule has 2 aromatic rings. The van der Waals surface area contributed by atoms with E-state index in [1.54, 1.807) is 6.07 Å². The molecule has 0 bridgehead atoms. The molecule has 35 heavy (non-hydrogen) atoms. The van der Waals surface area contributed by atoms with E-state index in [1.807, 2.05) is 0 Å². The van der Waals surface area contributed by atoms with Gasteiger partial charge in [-0.2, -0.15) is 18.2 Å². The van der Waals surface area contributed by atoms with E-state index in [2.05, 4.69) is 25.2 Å². The summed E-state index contributed by atoms with van der Waals surface area (Å²) >= 11 is 0. The van der Waals surface area contributed by atoms with E-state index in [-0.39, 0.29) is 23.5 Å². The number of hydrogen-bond donors (Lipinski definition) is 3. The number of rotatable bonds is 7. The normalized spacial score (nSPS) is 20.9. The first-order chi connectivity index (χ1) is 16.6. The lowest BCUT2D eigenvalue weighted by atomic mass is 9.94. The van der Waals surface area contributed by atoms with Crippen LogP contribution in [0.2, 0.25) is 0 Å². The maximum absolute atomic E-state index is 13.5. The Morgan fingerprint density at radius 3 is 2.66 bits per heavy atom. The van der Waals surface area contributed by atoms with Crippen LogP contribution in [0.5, 0.6) is 0 Å². The number of nitrogens with two attached hydrogens (primary N) is 1. The second-order valence-corrected chi connectivity index (χ2v) is 8.70. The number of piperidine rings is 1. The fraction of sp³-hybridized carbons (Fsp3) is 0.455. The van der Waals surface area contributed by atoms with Crippen LogP contribution in [0.15, 0.2) is 36.2 Å². The van der Waals surface area contributed by atoms with Crippen LogP contribution in [0.25, 0.3) is 0 Å². The molecule has 0 spiro atoms. The largest absolute Gasteiger partial charge is 0.416 e. The Morgan fingerprint density at radius 2 is 2.00 bits per heavy atom. The highest BCUT2D eigenvalue weighted by Crippen LogP contribution is 2.34. The van der Waals surface area contributed by atoms with Crippen molar-refractivity contribution in [3.63, 3.8) is 0 Å². The summed E-state index contributed by atoms with van der Waals surface area (Å²) < 4.78 is 66.3. The minimum atomic E-state index is -4.54. The molecule has 2 fully saturated rings.